The predicted molar refractivity (Wildman–Crippen MR) is 88.0 cm³/mol. The summed E-state index contributed by atoms with van der Waals surface area (Å²) in [7, 11) is 0. The van der Waals surface area contributed by atoms with Gasteiger partial charge in [-0.15, -0.1) is 0 Å². The van der Waals surface area contributed by atoms with Crippen LogP contribution in [-0.2, 0) is 0 Å². The highest BCUT2D eigenvalue weighted by Gasteiger charge is 2.42. The van der Waals surface area contributed by atoms with Crippen molar-refractivity contribution in [3.63, 3.8) is 0 Å². The molecule has 1 aromatic rings. The van der Waals surface area contributed by atoms with Crippen molar-refractivity contribution in [2.45, 2.75) is 59.3 Å². The van der Waals surface area contributed by atoms with Crippen LogP contribution in [-0.4, -0.2) is 0 Å². The minimum atomic E-state index is 0.278. The molecule has 0 nitrogen and oxygen atoms in total. The van der Waals surface area contributed by atoms with E-state index in [1.165, 1.54) is 44.1 Å². The number of halogens is 1. The van der Waals surface area contributed by atoms with E-state index < -0.39 is 0 Å². The molecule has 0 radical (unpaired) electrons. The molecule has 1 spiro atoms. The SMILES string of the molecule is CC(C)(C)C1=C(c2ccc(Cl)cc2)CC2(CCC2)CC1. The van der Waals surface area contributed by atoms with Gasteiger partial charge in [-0.2, -0.15) is 0 Å². The van der Waals surface area contributed by atoms with Gasteiger partial charge in [0.2, 0.25) is 0 Å². The fraction of sp³-hybridized carbons (Fsp3) is 0.579. The van der Waals surface area contributed by atoms with E-state index in [1.807, 2.05) is 12.1 Å². The van der Waals surface area contributed by atoms with Gasteiger partial charge in [0.25, 0.3) is 0 Å². The molecule has 0 unspecified atom stereocenters. The molecule has 0 atom stereocenters. The Morgan fingerprint density at radius 1 is 1.00 bits per heavy atom. The van der Waals surface area contributed by atoms with Crippen LogP contribution in [0.2, 0.25) is 5.02 Å². The summed E-state index contributed by atoms with van der Waals surface area (Å²) >= 11 is 6.06. The average Bonchev–Trinajstić information content (AvgIpc) is 2.36. The van der Waals surface area contributed by atoms with Crippen molar-refractivity contribution in [2.24, 2.45) is 10.8 Å². The predicted octanol–water partition coefficient (Wildman–Crippen LogP) is 6.49. The van der Waals surface area contributed by atoms with Crippen molar-refractivity contribution in [3.8, 4) is 0 Å². The maximum Gasteiger partial charge on any atom is 0.0406 e. The van der Waals surface area contributed by atoms with E-state index in [9.17, 15) is 0 Å². The second kappa shape index (κ2) is 4.91. The van der Waals surface area contributed by atoms with Gasteiger partial charge in [0.05, 0.1) is 0 Å². The van der Waals surface area contributed by atoms with E-state index in [4.69, 9.17) is 11.6 Å². The highest BCUT2D eigenvalue weighted by atomic mass is 35.5. The zero-order chi connectivity index (χ0) is 14.4. The molecule has 1 aromatic carbocycles. The number of benzene rings is 1. The molecule has 0 saturated heterocycles. The van der Waals surface area contributed by atoms with Crippen molar-refractivity contribution >= 4 is 17.2 Å². The Hall–Kier alpha value is -0.750. The molecule has 0 aromatic heterocycles. The summed E-state index contributed by atoms with van der Waals surface area (Å²) in [5.41, 5.74) is 5.58. The smallest absolute Gasteiger partial charge is 0.0406 e. The molecule has 0 aliphatic heterocycles. The lowest BCUT2D eigenvalue weighted by Crippen LogP contribution is -2.34. The van der Waals surface area contributed by atoms with Crippen molar-refractivity contribution in [1.29, 1.82) is 0 Å². The standard InChI is InChI=1S/C19H25Cl/c1-18(2,3)17-9-12-19(10-4-11-19)13-16(17)14-5-7-15(20)8-6-14/h5-8H,4,9-13H2,1-3H3. The lowest BCUT2D eigenvalue weighted by Gasteiger charge is -2.48. The molecule has 1 fully saturated rings. The Balaban J connectivity index is 2.03. The fourth-order valence-corrected chi connectivity index (χ4v) is 4.10. The maximum atomic E-state index is 6.06. The first kappa shape index (κ1) is 14.2. The number of hydrogen-bond donors (Lipinski definition) is 0. The summed E-state index contributed by atoms with van der Waals surface area (Å²) in [6.07, 6.45) is 8.25. The first-order valence-corrected chi connectivity index (χ1v) is 8.26. The van der Waals surface area contributed by atoms with Gasteiger partial charge in [-0.25, -0.2) is 0 Å². The van der Waals surface area contributed by atoms with Gasteiger partial charge in [0.1, 0.15) is 0 Å². The van der Waals surface area contributed by atoms with Crippen LogP contribution in [0.4, 0.5) is 0 Å². The molecule has 0 N–H and O–H groups in total. The Bertz CT molecular complexity index is 524. The number of hydrogen-bond acceptors (Lipinski definition) is 0. The summed E-state index contributed by atoms with van der Waals surface area (Å²) in [5, 5.41) is 0.834. The summed E-state index contributed by atoms with van der Waals surface area (Å²) in [6.45, 7) is 7.07. The van der Waals surface area contributed by atoms with Crippen molar-refractivity contribution in [3.05, 3.63) is 40.4 Å². The molecule has 0 heterocycles. The fourth-order valence-electron chi connectivity index (χ4n) is 3.97. The second-order valence-electron chi connectivity index (χ2n) is 7.74. The van der Waals surface area contributed by atoms with E-state index in [2.05, 4.69) is 32.9 Å². The lowest BCUT2D eigenvalue weighted by molar-refractivity contribution is 0.117. The molecule has 2 aliphatic carbocycles. The molecule has 3 rings (SSSR count). The first-order valence-electron chi connectivity index (χ1n) is 7.88. The Kier molecular flexibility index (Phi) is 3.49. The van der Waals surface area contributed by atoms with Crippen LogP contribution in [0.15, 0.2) is 29.8 Å². The van der Waals surface area contributed by atoms with Crippen molar-refractivity contribution < 1.29 is 0 Å². The summed E-state index contributed by atoms with van der Waals surface area (Å²) in [5.74, 6) is 0. The molecular weight excluding hydrogens is 264 g/mol. The molecule has 1 saturated carbocycles. The third-order valence-corrected chi connectivity index (χ3v) is 5.59. The topological polar surface area (TPSA) is 0 Å². The molecular formula is C19H25Cl. The van der Waals surface area contributed by atoms with Gasteiger partial charge in [-0.05, 0) is 66.2 Å². The number of rotatable bonds is 1. The van der Waals surface area contributed by atoms with Gasteiger partial charge in [0, 0.05) is 5.02 Å². The van der Waals surface area contributed by atoms with Crippen LogP contribution < -0.4 is 0 Å². The van der Waals surface area contributed by atoms with Crippen molar-refractivity contribution in [1.82, 2.24) is 0 Å². The highest BCUT2D eigenvalue weighted by Crippen LogP contribution is 2.57. The van der Waals surface area contributed by atoms with Crippen LogP contribution >= 0.6 is 11.6 Å². The minimum Gasteiger partial charge on any atom is -0.0843 e. The van der Waals surface area contributed by atoms with Crippen LogP contribution in [0.25, 0.3) is 5.57 Å². The molecule has 0 amide bonds. The summed E-state index contributed by atoms with van der Waals surface area (Å²) < 4.78 is 0. The normalized spacial score (nSPS) is 22.0. The van der Waals surface area contributed by atoms with E-state index >= 15 is 0 Å². The molecule has 2 aliphatic rings. The number of allylic oxidation sites excluding steroid dienone is 2. The first-order chi connectivity index (χ1) is 9.40. The van der Waals surface area contributed by atoms with Crippen LogP contribution in [0.1, 0.15) is 64.9 Å². The zero-order valence-electron chi connectivity index (χ0n) is 12.9. The molecule has 108 valence electrons. The second-order valence-corrected chi connectivity index (χ2v) is 8.18. The third kappa shape index (κ3) is 2.55. The Morgan fingerprint density at radius 2 is 1.65 bits per heavy atom. The minimum absolute atomic E-state index is 0.278. The van der Waals surface area contributed by atoms with Crippen molar-refractivity contribution in [2.75, 3.05) is 0 Å². The highest BCUT2D eigenvalue weighted by molar-refractivity contribution is 6.30. The van der Waals surface area contributed by atoms with Crippen LogP contribution in [0.3, 0.4) is 0 Å². The quantitative estimate of drug-likeness (QED) is 0.554. The lowest BCUT2D eigenvalue weighted by atomic mass is 9.57. The van der Waals surface area contributed by atoms with Crippen LogP contribution in [0.5, 0.6) is 0 Å². The monoisotopic (exact) mass is 288 g/mol. The molecule has 20 heavy (non-hydrogen) atoms. The molecule has 1 heteroatoms. The van der Waals surface area contributed by atoms with E-state index in [-0.39, 0.29) is 5.41 Å². The zero-order valence-corrected chi connectivity index (χ0v) is 13.7. The van der Waals surface area contributed by atoms with Gasteiger partial charge in [0.15, 0.2) is 0 Å². The van der Waals surface area contributed by atoms with Gasteiger partial charge >= 0.3 is 0 Å². The van der Waals surface area contributed by atoms with Gasteiger partial charge < -0.3 is 0 Å². The summed E-state index contributed by atoms with van der Waals surface area (Å²) in [4.78, 5) is 0. The molecule has 0 bridgehead atoms. The summed E-state index contributed by atoms with van der Waals surface area (Å²) in [6, 6.07) is 8.49. The van der Waals surface area contributed by atoms with Gasteiger partial charge in [-0.3, -0.25) is 0 Å². The Labute approximate surface area is 128 Å². The maximum absolute atomic E-state index is 6.06. The largest absolute Gasteiger partial charge is 0.0843 e. The Morgan fingerprint density at radius 3 is 2.15 bits per heavy atom. The third-order valence-electron chi connectivity index (χ3n) is 5.33. The average molecular weight is 289 g/mol. The van der Waals surface area contributed by atoms with Crippen LogP contribution in [0, 0.1) is 10.8 Å². The van der Waals surface area contributed by atoms with E-state index in [0.29, 0.717) is 5.41 Å². The van der Waals surface area contributed by atoms with E-state index in [1.54, 1.807) is 11.1 Å². The van der Waals surface area contributed by atoms with Gasteiger partial charge in [-0.1, -0.05) is 56.5 Å². The van der Waals surface area contributed by atoms with E-state index in [0.717, 1.165) is 5.02 Å².